The Morgan fingerprint density at radius 1 is 1.00 bits per heavy atom. The Morgan fingerprint density at radius 3 is 2.19 bits per heavy atom. The van der Waals surface area contributed by atoms with E-state index in [-0.39, 0.29) is 16.8 Å². The van der Waals surface area contributed by atoms with Crippen LogP contribution in [-0.4, -0.2) is 69.0 Å². The highest BCUT2D eigenvalue weighted by Crippen LogP contribution is 2.20. The van der Waals surface area contributed by atoms with Gasteiger partial charge in [-0.15, -0.1) is 0 Å². The van der Waals surface area contributed by atoms with Gasteiger partial charge in [0.05, 0.1) is 24.2 Å². The Kier molecular flexibility index (Phi) is 6.86. The van der Waals surface area contributed by atoms with Gasteiger partial charge in [-0.2, -0.15) is 4.31 Å². The topological polar surface area (TPSA) is 79.0 Å². The lowest BCUT2D eigenvalue weighted by Crippen LogP contribution is -2.42. The minimum Gasteiger partial charge on any atom is -0.379 e. The van der Waals surface area contributed by atoms with E-state index in [9.17, 15) is 13.2 Å². The van der Waals surface area contributed by atoms with E-state index in [0.29, 0.717) is 32.0 Å². The molecule has 0 bridgehead atoms. The summed E-state index contributed by atoms with van der Waals surface area (Å²) >= 11 is 0. The smallest absolute Gasteiger partial charge is 0.243 e. The van der Waals surface area contributed by atoms with Crippen LogP contribution in [0.1, 0.15) is 32.6 Å². The maximum absolute atomic E-state index is 12.6. The maximum atomic E-state index is 12.6. The normalized spacial score (nSPS) is 21.4. The summed E-state index contributed by atoms with van der Waals surface area (Å²) in [6.45, 7) is 5.40. The fourth-order valence-corrected chi connectivity index (χ4v) is 4.95. The molecule has 0 aliphatic carbocycles. The quantitative estimate of drug-likeness (QED) is 0.824. The van der Waals surface area contributed by atoms with Crippen LogP contribution in [0.25, 0.3) is 0 Å². The van der Waals surface area contributed by atoms with Crippen LogP contribution in [-0.2, 0) is 19.6 Å². The average molecular weight is 396 g/mol. The van der Waals surface area contributed by atoms with Crippen molar-refractivity contribution in [1.82, 2.24) is 9.21 Å². The molecule has 8 heteroatoms. The number of carbonyl (C=O) groups is 1. The van der Waals surface area contributed by atoms with Gasteiger partial charge in [0.2, 0.25) is 15.9 Å². The number of nitrogens with one attached hydrogen (secondary N) is 1. The van der Waals surface area contributed by atoms with Gasteiger partial charge >= 0.3 is 0 Å². The first-order valence-electron chi connectivity index (χ1n) is 9.71. The average Bonchev–Trinajstić information content (AvgIpc) is 2.98. The Balaban J connectivity index is 1.62. The van der Waals surface area contributed by atoms with E-state index in [0.717, 1.165) is 25.9 Å². The largest absolute Gasteiger partial charge is 0.379 e. The van der Waals surface area contributed by atoms with E-state index in [1.54, 1.807) is 24.3 Å². The number of anilines is 1. The van der Waals surface area contributed by atoms with E-state index in [2.05, 4.69) is 10.2 Å². The molecular formula is C19H29N3O4S. The molecule has 1 atom stereocenters. The molecule has 0 radical (unpaired) electrons. The van der Waals surface area contributed by atoms with E-state index in [1.807, 2.05) is 6.92 Å². The van der Waals surface area contributed by atoms with Crippen molar-refractivity contribution in [2.24, 2.45) is 0 Å². The highest BCUT2D eigenvalue weighted by Gasteiger charge is 2.26. The number of hydrogen-bond acceptors (Lipinski definition) is 5. The standard InChI is InChI=1S/C19H29N3O4S/c1-16(21-10-4-2-3-5-11-21)19(23)20-17-6-8-18(9-7-17)27(24,25)22-12-14-26-15-13-22/h6-9,16H,2-5,10-15H2,1H3,(H,20,23)/t16-/m1/s1. The molecular weight excluding hydrogens is 366 g/mol. The van der Waals surface area contributed by atoms with Crippen molar-refractivity contribution in [1.29, 1.82) is 0 Å². The van der Waals surface area contributed by atoms with Crippen LogP contribution >= 0.6 is 0 Å². The predicted molar refractivity (Wildman–Crippen MR) is 104 cm³/mol. The molecule has 2 saturated heterocycles. The number of sulfonamides is 1. The van der Waals surface area contributed by atoms with Crippen LogP contribution in [0.15, 0.2) is 29.2 Å². The molecule has 0 saturated carbocycles. The summed E-state index contributed by atoms with van der Waals surface area (Å²) in [5.74, 6) is -0.0549. The lowest BCUT2D eigenvalue weighted by Gasteiger charge is -2.27. The molecule has 0 unspecified atom stereocenters. The summed E-state index contributed by atoms with van der Waals surface area (Å²) < 4.78 is 31.9. The molecule has 1 N–H and O–H groups in total. The van der Waals surface area contributed by atoms with Crippen LogP contribution in [0.5, 0.6) is 0 Å². The minimum absolute atomic E-state index is 0.0549. The third kappa shape index (κ3) is 5.07. The zero-order valence-electron chi connectivity index (χ0n) is 15.9. The van der Waals surface area contributed by atoms with Crippen molar-refractivity contribution in [3.8, 4) is 0 Å². The highest BCUT2D eigenvalue weighted by molar-refractivity contribution is 7.89. The third-order valence-corrected chi connectivity index (χ3v) is 7.21. The van der Waals surface area contributed by atoms with E-state index in [1.165, 1.54) is 17.1 Å². The molecule has 3 rings (SSSR count). The van der Waals surface area contributed by atoms with Crippen molar-refractivity contribution in [3.05, 3.63) is 24.3 Å². The second kappa shape index (κ2) is 9.14. The number of morpholine rings is 1. The number of nitrogens with zero attached hydrogens (tertiary/aromatic N) is 2. The second-order valence-corrected chi connectivity index (χ2v) is 9.09. The van der Waals surface area contributed by atoms with Gasteiger partial charge in [0.15, 0.2) is 0 Å². The molecule has 27 heavy (non-hydrogen) atoms. The van der Waals surface area contributed by atoms with Gasteiger partial charge in [0, 0.05) is 18.8 Å². The lowest BCUT2D eigenvalue weighted by atomic mass is 10.2. The predicted octanol–water partition coefficient (Wildman–Crippen LogP) is 1.91. The summed E-state index contributed by atoms with van der Waals surface area (Å²) in [7, 11) is -3.51. The number of rotatable bonds is 5. The summed E-state index contributed by atoms with van der Waals surface area (Å²) in [5, 5.41) is 2.91. The monoisotopic (exact) mass is 395 g/mol. The van der Waals surface area contributed by atoms with Gasteiger partial charge < -0.3 is 10.1 Å². The Hall–Kier alpha value is -1.48. The molecule has 7 nitrogen and oxygen atoms in total. The fourth-order valence-electron chi connectivity index (χ4n) is 3.54. The molecule has 2 aliphatic heterocycles. The van der Waals surface area contributed by atoms with Gasteiger partial charge in [-0.05, 0) is 57.1 Å². The van der Waals surface area contributed by atoms with E-state index >= 15 is 0 Å². The first-order valence-corrected chi connectivity index (χ1v) is 11.2. The van der Waals surface area contributed by atoms with Crippen molar-refractivity contribution in [3.63, 3.8) is 0 Å². The van der Waals surface area contributed by atoms with Gasteiger partial charge in [-0.25, -0.2) is 8.42 Å². The number of likely N-dealkylation sites (tertiary alicyclic amines) is 1. The SMILES string of the molecule is C[C@H](C(=O)Nc1ccc(S(=O)(=O)N2CCOCC2)cc1)N1CCCCCC1. The van der Waals surface area contributed by atoms with Crippen LogP contribution in [0, 0.1) is 0 Å². The molecule has 150 valence electrons. The van der Waals surface area contributed by atoms with Gasteiger partial charge in [-0.1, -0.05) is 12.8 Å². The van der Waals surface area contributed by atoms with Crippen molar-refractivity contribution in [2.45, 2.75) is 43.5 Å². The van der Waals surface area contributed by atoms with E-state index in [4.69, 9.17) is 4.74 Å². The number of ether oxygens (including phenoxy) is 1. The summed E-state index contributed by atoms with van der Waals surface area (Å²) in [5.41, 5.74) is 0.614. The van der Waals surface area contributed by atoms with E-state index < -0.39 is 10.0 Å². The van der Waals surface area contributed by atoms with Crippen LogP contribution in [0.4, 0.5) is 5.69 Å². The lowest BCUT2D eigenvalue weighted by molar-refractivity contribution is -0.120. The van der Waals surface area contributed by atoms with Gasteiger partial charge in [0.1, 0.15) is 0 Å². The Labute approximate surface area is 161 Å². The molecule has 0 aromatic heterocycles. The second-order valence-electron chi connectivity index (χ2n) is 7.16. The number of hydrogen-bond donors (Lipinski definition) is 1. The first kappa shape index (κ1) is 20.3. The third-order valence-electron chi connectivity index (χ3n) is 5.30. The molecule has 2 fully saturated rings. The molecule has 1 amide bonds. The number of benzene rings is 1. The zero-order chi connectivity index (χ0) is 19.3. The summed E-state index contributed by atoms with van der Waals surface area (Å²) in [6, 6.07) is 6.22. The van der Waals surface area contributed by atoms with Gasteiger partial charge in [0.25, 0.3) is 0 Å². The van der Waals surface area contributed by atoms with Crippen LogP contribution in [0.3, 0.4) is 0 Å². The molecule has 0 spiro atoms. The van der Waals surface area contributed by atoms with Crippen LogP contribution in [0.2, 0.25) is 0 Å². The Bertz CT molecular complexity index is 722. The van der Waals surface area contributed by atoms with Crippen molar-refractivity contribution >= 4 is 21.6 Å². The molecule has 2 heterocycles. The molecule has 1 aromatic carbocycles. The van der Waals surface area contributed by atoms with Crippen molar-refractivity contribution in [2.75, 3.05) is 44.7 Å². The Morgan fingerprint density at radius 2 is 1.59 bits per heavy atom. The highest BCUT2D eigenvalue weighted by atomic mass is 32.2. The minimum atomic E-state index is -3.51. The van der Waals surface area contributed by atoms with Gasteiger partial charge in [-0.3, -0.25) is 9.69 Å². The molecule has 2 aliphatic rings. The summed E-state index contributed by atoms with van der Waals surface area (Å²) in [6.07, 6.45) is 4.71. The fraction of sp³-hybridized carbons (Fsp3) is 0.632. The first-order chi connectivity index (χ1) is 13.0. The van der Waals surface area contributed by atoms with Crippen LogP contribution < -0.4 is 5.32 Å². The number of carbonyl (C=O) groups excluding carboxylic acids is 1. The maximum Gasteiger partial charge on any atom is 0.243 e. The summed E-state index contributed by atoms with van der Waals surface area (Å²) in [4.78, 5) is 15.0. The molecule has 1 aromatic rings. The van der Waals surface area contributed by atoms with Crippen molar-refractivity contribution < 1.29 is 17.9 Å². The zero-order valence-corrected chi connectivity index (χ0v) is 16.7. The number of amides is 1.